The minimum atomic E-state index is 0.110. The van der Waals surface area contributed by atoms with Gasteiger partial charge in [0.15, 0.2) is 0 Å². The third kappa shape index (κ3) is 3.73. The molecule has 0 radical (unpaired) electrons. The lowest BCUT2D eigenvalue weighted by Crippen LogP contribution is -2.55. The number of rotatable bonds is 4. The summed E-state index contributed by atoms with van der Waals surface area (Å²) in [5, 5.41) is 4.46. The third-order valence-corrected chi connectivity index (χ3v) is 4.56. The molecule has 0 atom stereocenters. The van der Waals surface area contributed by atoms with Gasteiger partial charge >= 0.3 is 0 Å². The summed E-state index contributed by atoms with van der Waals surface area (Å²) in [7, 11) is 1.74. The SMILES string of the molecule is COc1ccc(Cl)cc1C1(CNC(C)(C)C)CC(C)(C)C1. The van der Waals surface area contributed by atoms with E-state index in [1.165, 1.54) is 5.56 Å². The van der Waals surface area contributed by atoms with Crippen LogP contribution in [0.15, 0.2) is 18.2 Å². The molecule has 0 amide bonds. The normalized spacial score (nSPS) is 20.0. The third-order valence-electron chi connectivity index (χ3n) is 4.32. The Kier molecular flexibility index (Phi) is 4.34. The molecule has 21 heavy (non-hydrogen) atoms. The summed E-state index contributed by atoms with van der Waals surface area (Å²) in [6.45, 7) is 12.2. The van der Waals surface area contributed by atoms with Crippen molar-refractivity contribution in [3.05, 3.63) is 28.8 Å². The van der Waals surface area contributed by atoms with Crippen molar-refractivity contribution in [1.82, 2.24) is 5.32 Å². The van der Waals surface area contributed by atoms with Crippen molar-refractivity contribution >= 4 is 11.6 Å². The van der Waals surface area contributed by atoms with E-state index in [9.17, 15) is 0 Å². The first-order chi connectivity index (χ1) is 9.57. The second-order valence-corrected chi connectivity index (χ2v) is 8.68. The zero-order chi connectivity index (χ0) is 15.9. The van der Waals surface area contributed by atoms with Gasteiger partial charge in [-0.2, -0.15) is 0 Å². The number of hydrogen-bond acceptors (Lipinski definition) is 2. The Morgan fingerprint density at radius 3 is 2.33 bits per heavy atom. The molecule has 1 aliphatic carbocycles. The molecule has 2 rings (SSSR count). The van der Waals surface area contributed by atoms with Gasteiger partial charge in [-0.15, -0.1) is 0 Å². The largest absolute Gasteiger partial charge is 0.496 e. The predicted molar refractivity (Wildman–Crippen MR) is 90.5 cm³/mol. The molecule has 0 aliphatic heterocycles. The van der Waals surface area contributed by atoms with Crippen LogP contribution >= 0.6 is 11.6 Å². The van der Waals surface area contributed by atoms with Crippen LogP contribution in [0.5, 0.6) is 5.75 Å². The van der Waals surface area contributed by atoms with E-state index in [4.69, 9.17) is 16.3 Å². The molecule has 118 valence electrons. The Labute approximate surface area is 134 Å². The van der Waals surface area contributed by atoms with E-state index in [0.717, 1.165) is 30.2 Å². The van der Waals surface area contributed by atoms with Gasteiger partial charge in [0, 0.05) is 28.1 Å². The molecule has 1 aromatic carbocycles. The van der Waals surface area contributed by atoms with Crippen molar-refractivity contribution in [2.24, 2.45) is 5.41 Å². The van der Waals surface area contributed by atoms with Gasteiger partial charge < -0.3 is 10.1 Å². The summed E-state index contributed by atoms with van der Waals surface area (Å²) in [4.78, 5) is 0. The summed E-state index contributed by atoms with van der Waals surface area (Å²) < 4.78 is 5.60. The number of nitrogens with one attached hydrogen (secondary N) is 1. The zero-order valence-electron chi connectivity index (χ0n) is 14.1. The van der Waals surface area contributed by atoms with Crippen molar-refractivity contribution in [2.75, 3.05) is 13.7 Å². The van der Waals surface area contributed by atoms with E-state index in [0.29, 0.717) is 5.41 Å². The van der Waals surface area contributed by atoms with Crippen LogP contribution in [0.25, 0.3) is 0 Å². The molecule has 3 heteroatoms. The molecule has 1 fully saturated rings. The lowest BCUT2D eigenvalue weighted by atomic mass is 9.51. The van der Waals surface area contributed by atoms with Crippen LogP contribution in [-0.4, -0.2) is 19.2 Å². The molecule has 0 bridgehead atoms. The Balaban J connectivity index is 2.35. The lowest BCUT2D eigenvalue weighted by molar-refractivity contribution is 0.0494. The average Bonchev–Trinajstić information content (AvgIpc) is 2.32. The number of ether oxygens (including phenoxy) is 1. The summed E-state index contributed by atoms with van der Waals surface area (Å²) in [5.74, 6) is 0.950. The predicted octanol–water partition coefficient (Wildman–Crippen LogP) is 4.79. The van der Waals surface area contributed by atoms with Crippen LogP contribution in [0.1, 0.15) is 53.0 Å². The van der Waals surface area contributed by atoms with Gasteiger partial charge in [-0.1, -0.05) is 25.4 Å². The van der Waals surface area contributed by atoms with E-state index < -0.39 is 0 Å². The lowest BCUT2D eigenvalue weighted by Gasteiger charge is -2.55. The van der Waals surface area contributed by atoms with E-state index in [1.807, 2.05) is 12.1 Å². The van der Waals surface area contributed by atoms with Gasteiger partial charge in [0.05, 0.1) is 7.11 Å². The van der Waals surface area contributed by atoms with Gasteiger partial charge in [0.1, 0.15) is 5.75 Å². The quantitative estimate of drug-likeness (QED) is 0.863. The molecule has 1 aliphatic rings. The molecule has 1 N–H and O–H groups in total. The van der Waals surface area contributed by atoms with Crippen molar-refractivity contribution in [3.8, 4) is 5.75 Å². The molecular weight excluding hydrogens is 282 g/mol. The Hall–Kier alpha value is -0.730. The van der Waals surface area contributed by atoms with Crippen LogP contribution < -0.4 is 10.1 Å². The molecule has 0 spiro atoms. The molecule has 2 nitrogen and oxygen atoms in total. The fraction of sp³-hybridized carbons (Fsp3) is 0.667. The maximum atomic E-state index is 6.25. The molecule has 0 aromatic heterocycles. The first kappa shape index (κ1) is 16.6. The summed E-state index contributed by atoms with van der Waals surface area (Å²) in [5.41, 5.74) is 1.85. The average molecular weight is 310 g/mol. The van der Waals surface area contributed by atoms with Crippen molar-refractivity contribution < 1.29 is 4.74 Å². The molecule has 0 saturated heterocycles. The van der Waals surface area contributed by atoms with Crippen LogP contribution in [0.4, 0.5) is 0 Å². The van der Waals surface area contributed by atoms with E-state index >= 15 is 0 Å². The maximum absolute atomic E-state index is 6.25. The minimum absolute atomic E-state index is 0.110. The second kappa shape index (κ2) is 5.48. The monoisotopic (exact) mass is 309 g/mol. The minimum Gasteiger partial charge on any atom is -0.496 e. The van der Waals surface area contributed by atoms with Gasteiger partial charge in [-0.25, -0.2) is 0 Å². The summed E-state index contributed by atoms with van der Waals surface area (Å²) in [6.07, 6.45) is 2.31. The Morgan fingerprint density at radius 1 is 1.24 bits per heavy atom. The molecular formula is C18H28ClNO. The molecule has 1 aromatic rings. The van der Waals surface area contributed by atoms with Crippen molar-refractivity contribution in [1.29, 1.82) is 0 Å². The zero-order valence-corrected chi connectivity index (χ0v) is 14.9. The fourth-order valence-corrected chi connectivity index (χ4v) is 3.89. The number of benzene rings is 1. The summed E-state index contributed by atoms with van der Waals surface area (Å²) in [6, 6.07) is 5.97. The van der Waals surface area contributed by atoms with Gasteiger partial charge in [-0.3, -0.25) is 0 Å². The second-order valence-electron chi connectivity index (χ2n) is 8.25. The highest BCUT2D eigenvalue weighted by Gasteiger charge is 2.51. The standard InChI is InChI=1S/C18H28ClNO/c1-16(2,3)20-12-18(10-17(4,5)11-18)14-9-13(19)7-8-15(14)21-6/h7-9,20H,10-12H2,1-6H3. The fourth-order valence-electron chi connectivity index (χ4n) is 3.72. The van der Waals surface area contributed by atoms with Gasteiger partial charge in [0.2, 0.25) is 0 Å². The van der Waals surface area contributed by atoms with Crippen LogP contribution in [0.2, 0.25) is 5.02 Å². The van der Waals surface area contributed by atoms with Gasteiger partial charge in [-0.05, 0) is 57.2 Å². The number of methoxy groups -OCH3 is 1. The van der Waals surface area contributed by atoms with E-state index in [1.54, 1.807) is 7.11 Å². The smallest absolute Gasteiger partial charge is 0.122 e. The number of hydrogen-bond donors (Lipinski definition) is 1. The molecule has 0 heterocycles. The Bertz CT molecular complexity index is 508. The first-order valence-electron chi connectivity index (χ1n) is 7.66. The maximum Gasteiger partial charge on any atom is 0.122 e. The van der Waals surface area contributed by atoms with Crippen LogP contribution in [0.3, 0.4) is 0 Å². The highest BCUT2D eigenvalue weighted by Crippen LogP contribution is 2.57. The highest BCUT2D eigenvalue weighted by atomic mass is 35.5. The molecule has 1 saturated carbocycles. The van der Waals surface area contributed by atoms with Gasteiger partial charge in [0.25, 0.3) is 0 Å². The van der Waals surface area contributed by atoms with Crippen LogP contribution in [0, 0.1) is 5.41 Å². The van der Waals surface area contributed by atoms with Crippen LogP contribution in [-0.2, 0) is 5.41 Å². The first-order valence-corrected chi connectivity index (χ1v) is 8.04. The summed E-state index contributed by atoms with van der Waals surface area (Å²) >= 11 is 6.25. The van der Waals surface area contributed by atoms with Crippen molar-refractivity contribution in [3.63, 3.8) is 0 Å². The highest BCUT2D eigenvalue weighted by molar-refractivity contribution is 6.30. The Morgan fingerprint density at radius 2 is 1.86 bits per heavy atom. The van der Waals surface area contributed by atoms with E-state index in [-0.39, 0.29) is 11.0 Å². The molecule has 0 unspecified atom stereocenters. The number of halogens is 1. The topological polar surface area (TPSA) is 21.3 Å². The van der Waals surface area contributed by atoms with Crippen molar-refractivity contribution in [2.45, 2.75) is 58.4 Å². The van der Waals surface area contributed by atoms with E-state index in [2.05, 4.69) is 46.0 Å².